The van der Waals surface area contributed by atoms with E-state index in [0.29, 0.717) is 0 Å². The molecule has 0 saturated heterocycles. The van der Waals surface area contributed by atoms with Crippen LogP contribution in [0.25, 0.3) is 0 Å². The Morgan fingerprint density at radius 2 is 1.10 bits per heavy atom. The molecule has 0 aliphatic heterocycles. The Labute approximate surface area is 85.7 Å². The van der Waals surface area contributed by atoms with Crippen molar-refractivity contribution in [3.8, 4) is 0 Å². The first-order chi connectivity index (χ1) is 4.63. The molecule has 0 N–H and O–H groups in total. The zero-order valence-corrected chi connectivity index (χ0v) is 13.7. The van der Waals surface area contributed by atoms with Crippen molar-refractivity contribution in [3.05, 3.63) is 0 Å². The molecule has 0 aromatic rings. The normalized spacial score (nSPS) is 9.20. The number of rotatable bonds is 5. The monoisotopic (exact) mass is 520 g/mol. The molecule has 0 atom stereocenters. The summed E-state index contributed by atoms with van der Waals surface area (Å²) in [5.41, 5.74) is 0. The first-order valence-corrected chi connectivity index (χ1v) is 23.0. The van der Waals surface area contributed by atoms with E-state index in [4.69, 9.17) is 0 Å². The van der Waals surface area contributed by atoms with E-state index in [9.17, 15) is 13.6 Å². The van der Waals surface area contributed by atoms with Crippen LogP contribution in [0, 0.1) is 0 Å². The summed E-state index contributed by atoms with van der Waals surface area (Å²) in [5.74, 6) is 0. The maximum atomic E-state index is 10.1. The van der Waals surface area contributed by atoms with Gasteiger partial charge in [0.25, 0.3) is 0 Å². The summed E-state index contributed by atoms with van der Waals surface area (Å²) in [7, 11) is 2.57. The second-order valence-electron chi connectivity index (χ2n) is 0.680. The van der Waals surface area contributed by atoms with Gasteiger partial charge in [-0.1, -0.05) is 0 Å². The molecule has 0 spiro atoms. The van der Waals surface area contributed by atoms with Crippen LogP contribution >= 0.6 is 17.0 Å². The van der Waals surface area contributed by atoms with Crippen LogP contribution < -0.4 is 0 Å². The third-order valence-electron chi connectivity index (χ3n) is 0.194. The molecule has 0 amide bonds. The summed E-state index contributed by atoms with van der Waals surface area (Å²) >= 11 is -7.97. The van der Waals surface area contributed by atoms with Gasteiger partial charge in [-0.3, -0.25) is 0 Å². The Morgan fingerprint density at radius 1 is 0.800 bits per heavy atom. The van der Waals surface area contributed by atoms with Crippen LogP contribution in [0.3, 0.4) is 0 Å². The first-order valence-electron chi connectivity index (χ1n) is 1.50. The van der Waals surface area contributed by atoms with Gasteiger partial charge in [-0.25, -0.2) is 0 Å². The fourth-order valence-electron chi connectivity index (χ4n) is 0.0680. The molecule has 4 nitrogen and oxygen atoms in total. The minimum absolute atomic E-state index is 0.906. The van der Waals surface area contributed by atoms with E-state index in [0.717, 1.165) is 0 Å². The van der Waals surface area contributed by atoms with Crippen LogP contribution in [0.5, 0.6) is 0 Å². The Hall–Kier alpha value is 2.65. The molecule has 60 valence electrons. The van der Waals surface area contributed by atoms with Crippen molar-refractivity contribution < 1.29 is 70.7 Å². The molecule has 0 aliphatic rings. The quantitative estimate of drug-likeness (QED) is 0.309. The Bertz CT molecular complexity index is 175. The van der Waals surface area contributed by atoms with Gasteiger partial charge in [-0.15, -0.1) is 0 Å². The van der Waals surface area contributed by atoms with E-state index < -0.39 is 57.1 Å². The van der Waals surface area contributed by atoms with Gasteiger partial charge in [0.05, 0.1) is 0 Å². The fourth-order valence-corrected chi connectivity index (χ4v) is 56.6. The molecule has 0 aliphatic carbocycles. The molecule has 0 aromatic heterocycles. The average molecular weight is 512 g/mol. The van der Waals surface area contributed by atoms with Crippen molar-refractivity contribution in [1.29, 1.82) is 0 Å². The van der Waals surface area contributed by atoms with Crippen molar-refractivity contribution in [2.45, 2.75) is 0 Å². The van der Waals surface area contributed by atoms with Crippen LogP contribution in [0.15, 0.2) is 0 Å². The van der Waals surface area contributed by atoms with Gasteiger partial charge in [-0.2, -0.15) is 0 Å². The SMILES string of the molecule is [O]=[Mo](=[O])[Mo][S][S][Mo][Mo](=[O])=[O]. The van der Waals surface area contributed by atoms with Crippen molar-refractivity contribution in [3.63, 3.8) is 0 Å². The molecular weight excluding hydrogens is 512 g/mol. The first kappa shape index (κ1) is 12.7. The number of hydrogen-bond donors (Lipinski definition) is 0. The van der Waals surface area contributed by atoms with Gasteiger partial charge in [0.2, 0.25) is 0 Å². The van der Waals surface area contributed by atoms with E-state index in [1.807, 2.05) is 0 Å². The van der Waals surface area contributed by atoms with Gasteiger partial charge < -0.3 is 0 Å². The van der Waals surface area contributed by atoms with Crippen molar-refractivity contribution in [2.24, 2.45) is 0 Å². The van der Waals surface area contributed by atoms with Crippen molar-refractivity contribution in [1.82, 2.24) is 0 Å². The fraction of sp³-hybridized carbons (Fsp3) is 0. The second-order valence-corrected chi connectivity index (χ2v) is 31.9. The predicted octanol–water partition coefficient (Wildman–Crippen LogP) is 0.811. The van der Waals surface area contributed by atoms with E-state index in [-0.39, 0.29) is 0 Å². The van der Waals surface area contributed by atoms with Crippen LogP contribution in [-0.4, -0.2) is 0 Å². The summed E-state index contributed by atoms with van der Waals surface area (Å²) in [4.78, 5) is 0. The molecule has 0 bridgehead atoms. The van der Waals surface area contributed by atoms with Crippen molar-refractivity contribution in [2.75, 3.05) is 0 Å². The van der Waals surface area contributed by atoms with Gasteiger partial charge in [0.15, 0.2) is 0 Å². The molecule has 0 unspecified atom stereocenters. The molecule has 0 aromatic carbocycles. The summed E-state index contributed by atoms with van der Waals surface area (Å²) in [6.45, 7) is 0. The third kappa shape index (κ3) is 10.7. The molecular formula is Mo4O4S2. The topological polar surface area (TPSA) is 68.3 Å². The molecule has 0 radical (unpaired) electrons. The van der Waals surface area contributed by atoms with Gasteiger partial charge in [-0.05, 0) is 0 Å². The molecule has 0 fully saturated rings. The van der Waals surface area contributed by atoms with Gasteiger partial charge in [0, 0.05) is 0 Å². The van der Waals surface area contributed by atoms with Crippen LogP contribution in [0.1, 0.15) is 0 Å². The van der Waals surface area contributed by atoms with E-state index in [2.05, 4.69) is 0 Å². The predicted molar refractivity (Wildman–Crippen MR) is 17.9 cm³/mol. The summed E-state index contributed by atoms with van der Waals surface area (Å²) < 4.78 is 40.3. The van der Waals surface area contributed by atoms with Gasteiger partial charge in [0.1, 0.15) is 0 Å². The number of hydrogen-bond acceptors (Lipinski definition) is 6. The molecule has 10 heavy (non-hydrogen) atoms. The Kier molecular flexibility index (Phi) is 10.5. The van der Waals surface area contributed by atoms with E-state index in [1.54, 1.807) is 0 Å². The van der Waals surface area contributed by atoms with Gasteiger partial charge >= 0.3 is 87.6 Å². The third-order valence-corrected chi connectivity index (χ3v) is 37.9. The molecule has 10 heteroatoms. The van der Waals surface area contributed by atoms with Crippen LogP contribution in [0.2, 0.25) is 0 Å². The molecule has 0 saturated carbocycles. The second kappa shape index (κ2) is 8.26. The maximum absolute atomic E-state index is 10.1. The summed E-state index contributed by atoms with van der Waals surface area (Å²) in [6.07, 6.45) is 0. The molecule has 0 rings (SSSR count). The van der Waals surface area contributed by atoms with E-state index >= 15 is 0 Å². The Balaban J connectivity index is 3.21. The average Bonchev–Trinajstić information content (AvgIpc) is 1.79. The summed E-state index contributed by atoms with van der Waals surface area (Å²) in [6, 6.07) is 0. The minimum atomic E-state index is -3.08. The van der Waals surface area contributed by atoms with E-state index in [1.165, 1.54) is 17.0 Å². The zero-order valence-electron chi connectivity index (χ0n) is 4.08. The van der Waals surface area contributed by atoms with Crippen molar-refractivity contribution >= 4 is 17.0 Å². The molecule has 0 heterocycles. The zero-order chi connectivity index (χ0) is 7.98. The van der Waals surface area contributed by atoms with Crippen LogP contribution in [-0.2, 0) is 70.7 Å². The Morgan fingerprint density at radius 3 is 1.30 bits per heavy atom. The standard InChI is InChI=1S/4Mo.4O.S2/c;;;;;;;;1-2/q;;2*+1;;;;;-2. The van der Waals surface area contributed by atoms with Crippen LogP contribution in [0.4, 0.5) is 0 Å². The summed E-state index contributed by atoms with van der Waals surface area (Å²) in [5, 5.41) is 0.